The third-order valence-electron chi connectivity index (χ3n) is 3.12. The van der Waals surface area contributed by atoms with Crippen LogP contribution in [0.3, 0.4) is 0 Å². The maximum absolute atomic E-state index is 11.4. The molecule has 4 nitrogen and oxygen atoms in total. The number of hydrogen-bond donors (Lipinski definition) is 1. The van der Waals surface area contributed by atoms with Gasteiger partial charge in [-0.05, 0) is 29.7 Å². The van der Waals surface area contributed by atoms with Crippen LogP contribution in [0.5, 0.6) is 5.75 Å². The fourth-order valence-electron chi connectivity index (χ4n) is 2.13. The van der Waals surface area contributed by atoms with Crippen molar-refractivity contribution in [3.8, 4) is 5.75 Å². The van der Waals surface area contributed by atoms with Gasteiger partial charge in [0.15, 0.2) is 0 Å². The highest BCUT2D eigenvalue weighted by Gasteiger charge is 2.20. The van der Waals surface area contributed by atoms with Gasteiger partial charge < -0.3 is 9.84 Å². The second-order valence-corrected chi connectivity index (χ2v) is 4.74. The Balaban J connectivity index is 2.14. The highest BCUT2D eigenvalue weighted by atomic mass is 16.5. The monoisotopic (exact) mass is 284 g/mol. The largest absolute Gasteiger partial charge is 0.481 e. The van der Waals surface area contributed by atoms with E-state index in [0.29, 0.717) is 12.2 Å². The van der Waals surface area contributed by atoms with Gasteiger partial charge in [0.25, 0.3) is 0 Å². The molecule has 21 heavy (non-hydrogen) atoms. The third kappa shape index (κ3) is 4.18. The predicted molar refractivity (Wildman–Crippen MR) is 78.3 cm³/mol. The molecule has 1 N–H and O–H groups in total. The first kappa shape index (κ1) is 14.8. The molecule has 0 aliphatic rings. The van der Waals surface area contributed by atoms with E-state index in [2.05, 4.69) is 0 Å². The van der Waals surface area contributed by atoms with E-state index in [1.807, 2.05) is 30.3 Å². The van der Waals surface area contributed by atoms with E-state index in [0.717, 1.165) is 11.1 Å². The van der Waals surface area contributed by atoms with Crippen molar-refractivity contribution < 1.29 is 19.4 Å². The summed E-state index contributed by atoms with van der Waals surface area (Å²) in [6, 6.07) is 16.0. The Bertz CT molecular complexity index is 617. The fraction of sp³-hybridized carbons (Fsp3) is 0.176. The maximum atomic E-state index is 11.4. The summed E-state index contributed by atoms with van der Waals surface area (Å²) in [7, 11) is 0. The van der Waals surface area contributed by atoms with Crippen LogP contribution in [0.1, 0.15) is 24.0 Å². The Hall–Kier alpha value is -2.62. The molecule has 2 aromatic rings. The number of aliphatic carboxylic acids is 1. The first-order valence-corrected chi connectivity index (χ1v) is 6.61. The molecule has 0 radical (unpaired) electrons. The van der Waals surface area contributed by atoms with Crippen LogP contribution < -0.4 is 4.74 Å². The van der Waals surface area contributed by atoms with Crippen LogP contribution in [0.2, 0.25) is 0 Å². The molecule has 0 aliphatic carbocycles. The molecule has 0 heterocycles. The lowest BCUT2D eigenvalue weighted by molar-refractivity contribution is -0.138. The van der Waals surface area contributed by atoms with Crippen molar-refractivity contribution in [1.82, 2.24) is 0 Å². The van der Waals surface area contributed by atoms with Crippen molar-refractivity contribution in [3.63, 3.8) is 0 Å². The van der Waals surface area contributed by atoms with Crippen molar-refractivity contribution in [2.75, 3.05) is 0 Å². The molecular formula is C17H16O4. The number of benzene rings is 2. The summed E-state index contributed by atoms with van der Waals surface area (Å²) < 4.78 is 4.95. The highest BCUT2D eigenvalue weighted by Crippen LogP contribution is 2.22. The van der Waals surface area contributed by atoms with Crippen LogP contribution >= 0.6 is 0 Å². The molecule has 2 rings (SSSR count). The standard InChI is InChI=1S/C17H16O4/c1-12(18)21-15-9-7-13(8-10-15)11-16(17(19)20)14-5-3-2-4-6-14/h2-10,16H,11H2,1H3,(H,19,20). The van der Waals surface area contributed by atoms with Crippen LogP contribution in [0, 0.1) is 0 Å². The van der Waals surface area contributed by atoms with Gasteiger partial charge in [0.05, 0.1) is 5.92 Å². The lowest BCUT2D eigenvalue weighted by Crippen LogP contribution is -2.14. The van der Waals surface area contributed by atoms with Gasteiger partial charge >= 0.3 is 11.9 Å². The van der Waals surface area contributed by atoms with Crippen molar-refractivity contribution in [2.24, 2.45) is 0 Å². The van der Waals surface area contributed by atoms with Crippen LogP contribution in [0.25, 0.3) is 0 Å². The number of carbonyl (C=O) groups is 2. The van der Waals surface area contributed by atoms with Crippen molar-refractivity contribution in [2.45, 2.75) is 19.3 Å². The maximum Gasteiger partial charge on any atom is 0.311 e. The van der Waals surface area contributed by atoms with Gasteiger partial charge in [-0.2, -0.15) is 0 Å². The quantitative estimate of drug-likeness (QED) is 0.677. The van der Waals surface area contributed by atoms with Gasteiger partial charge in [-0.15, -0.1) is 0 Å². The molecule has 108 valence electrons. The number of carbonyl (C=O) groups excluding carboxylic acids is 1. The van der Waals surface area contributed by atoms with Gasteiger partial charge in [0.2, 0.25) is 0 Å². The first-order chi connectivity index (χ1) is 10.1. The van der Waals surface area contributed by atoms with E-state index < -0.39 is 11.9 Å². The third-order valence-corrected chi connectivity index (χ3v) is 3.12. The summed E-state index contributed by atoms with van der Waals surface area (Å²) in [6.07, 6.45) is 0.389. The van der Waals surface area contributed by atoms with Gasteiger partial charge in [0.1, 0.15) is 5.75 Å². The highest BCUT2D eigenvalue weighted by molar-refractivity contribution is 5.76. The Morgan fingerprint density at radius 2 is 1.67 bits per heavy atom. The minimum Gasteiger partial charge on any atom is -0.481 e. The smallest absolute Gasteiger partial charge is 0.311 e. The van der Waals surface area contributed by atoms with Crippen LogP contribution in [-0.4, -0.2) is 17.0 Å². The average molecular weight is 284 g/mol. The normalized spacial score (nSPS) is 11.7. The number of rotatable bonds is 5. The lowest BCUT2D eigenvalue weighted by atomic mass is 9.92. The van der Waals surface area contributed by atoms with E-state index in [9.17, 15) is 14.7 Å². The molecule has 0 aromatic heterocycles. The number of esters is 1. The van der Waals surface area contributed by atoms with Crippen molar-refractivity contribution in [1.29, 1.82) is 0 Å². The molecule has 0 fully saturated rings. The van der Waals surface area contributed by atoms with Crippen molar-refractivity contribution >= 4 is 11.9 Å². The molecular weight excluding hydrogens is 268 g/mol. The van der Waals surface area contributed by atoms with E-state index in [-0.39, 0.29) is 5.97 Å². The predicted octanol–water partition coefficient (Wildman–Crippen LogP) is 3.02. The summed E-state index contributed by atoms with van der Waals surface area (Å²) in [4.78, 5) is 22.3. The number of carboxylic acids is 1. The Kier molecular flexibility index (Phi) is 4.72. The Morgan fingerprint density at radius 3 is 2.19 bits per heavy atom. The van der Waals surface area contributed by atoms with E-state index >= 15 is 0 Å². The topological polar surface area (TPSA) is 63.6 Å². The second kappa shape index (κ2) is 6.70. The summed E-state index contributed by atoms with van der Waals surface area (Å²) in [5.41, 5.74) is 1.65. The average Bonchev–Trinajstić information content (AvgIpc) is 2.46. The van der Waals surface area contributed by atoms with Gasteiger partial charge in [-0.25, -0.2) is 0 Å². The SMILES string of the molecule is CC(=O)Oc1ccc(CC(C(=O)O)c2ccccc2)cc1. The second-order valence-electron chi connectivity index (χ2n) is 4.74. The van der Waals surface area contributed by atoms with Gasteiger partial charge in [0, 0.05) is 6.92 Å². The van der Waals surface area contributed by atoms with E-state index in [4.69, 9.17) is 4.74 Å². The number of ether oxygens (including phenoxy) is 1. The van der Waals surface area contributed by atoms with Crippen LogP contribution in [-0.2, 0) is 16.0 Å². The minimum absolute atomic E-state index is 0.379. The van der Waals surface area contributed by atoms with E-state index in [1.54, 1.807) is 24.3 Å². The molecule has 0 saturated carbocycles. The van der Waals surface area contributed by atoms with E-state index in [1.165, 1.54) is 6.92 Å². The zero-order valence-corrected chi connectivity index (χ0v) is 11.7. The van der Waals surface area contributed by atoms with Crippen LogP contribution in [0.15, 0.2) is 54.6 Å². The number of hydrogen-bond acceptors (Lipinski definition) is 3. The summed E-state index contributed by atoms with van der Waals surface area (Å²) in [5.74, 6) is -1.37. The van der Waals surface area contributed by atoms with Gasteiger partial charge in [-0.1, -0.05) is 42.5 Å². The summed E-state index contributed by atoms with van der Waals surface area (Å²) in [6.45, 7) is 1.34. The molecule has 4 heteroatoms. The minimum atomic E-state index is -0.856. The molecule has 2 aromatic carbocycles. The van der Waals surface area contributed by atoms with Crippen LogP contribution in [0.4, 0.5) is 0 Å². The zero-order chi connectivity index (χ0) is 15.2. The summed E-state index contributed by atoms with van der Waals surface area (Å²) in [5, 5.41) is 9.39. The molecule has 0 amide bonds. The molecule has 0 spiro atoms. The molecule has 0 aliphatic heterocycles. The fourth-order valence-corrected chi connectivity index (χ4v) is 2.13. The Morgan fingerprint density at radius 1 is 1.05 bits per heavy atom. The molecule has 1 atom stereocenters. The summed E-state index contributed by atoms with van der Waals surface area (Å²) >= 11 is 0. The molecule has 0 bridgehead atoms. The molecule has 0 saturated heterocycles. The Labute approximate surface area is 123 Å². The van der Waals surface area contributed by atoms with Crippen molar-refractivity contribution in [3.05, 3.63) is 65.7 Å². The van der Waals surface area contributed by atoms with Gasteiger partial charge in [-0.3, -0.25) is 9.59 Å². The lowest BCUT2D eigenvalue weighted by Gasteiger charge is -2.13. The first-order valence-electron chi connectivity index (χ1n) is 6.61. The zero-order valence-electron chi connectivity index (χ0n) is 11.7. The molecule has 1 unspecified atom stereocenters. The number of carboxylic acid groups (broad SMARTS) is 1.